The van der Waals surface area contributed by atoms with Crippen molar-refractivity contribution in [3.8, 4) is 11.3 Å². The molecule has 3 aliphatic carbocycles. The second-order valence-electron chi connectivity index (χ2n) is 9.86. The Kier molecular flexibility index (Phi) is 5.93. The highest BCUT2D eigenvalue weighted by Crippen LogP contribution is 2.61. The Morgan fingerprint density at radius 1 is 1.29 bits per heavy atom. The number of carbonyl (C=O) groups is 1. The third kappa shape index (κ3) is 4.11. The molecule has 0 aromatic carbocycles. The molecule has 0 spiro atoms. The summed E-state index contributed by atoms with van der Waals surface area (Å²) < 4.78 is 1.07. The molecular formula is C24H27ClN6O2S. The fourth-order valence-electron chi connectivity index (χ4n) is 5.50. The van der Waals surface area contributed by atoms with Gasteiger partial charge in [0.05, 0.1) is 17.6 Å². The molecule has 0 radical (unpaired) electrons. The van der Waals surface area contributed by atoms with Gasteiger partial charge in [0.1, 0.15) is 11.6 Å². The number of nitrogens with zero attached hydrogens (tertiary/aromatic N) is 4. The van der Waals surface area contributed by atoms with E-state index in [4.69, 9.17) is 11.6 Å². The highest BCUT2D eigenvalue weighted by molar-refractivity contribution is 7.14. The summed E-state index contributed by atoms with van der Waals surface area (Å²) in [6.45, 7) is 6.72. The zero-order chi connectivity index (χ0) is 24.0. The van der Waals surface area contributed by atoms with Crippen molar-refractivity contribution in [3.05, 3.63) is 51.5 Å². The maximum absolute atomic E-state index is 12.8. The Bertz CT molecular complexity index is 1270. The van der Waals surface area contributed by atoms with Crippen LogP contribution in [0.5, 0.6) is 0 Å². The molecule has 3 aromatic heterocycles. The number of fused-ring (bicyclic) bond motifs is 2. The molecule has 8 nitrogen and oxygen atoms in total. The molecule has 34 heavy (non-hydrogen) atoms. The lowest BCUT2D eigenvalue weighted by Gasteiger charge is -2.62. The molecule has 2 N–H and O–H groups in total. The van der Waals surface area contributed by atoms with Crippen molar-refractivity contribution >= 4 is 39.7 Å². The van der Waals surface area contributed by atoms with Gasteiger partial charge >= 0.3 is 0 Å². The number of hydrogen-bond donors (Lipinski definition) is 2. The predicted molar refractivity (Wildman–Crippen MR) is 134 cm³/mol. The minimum atomic E-state index is -0.493. The minimum absolute atomic E-state index is 0.0581. The number of halogens is 1. The monoisotopic (exact) mass is 498 g/mol. The molecule has 10 heteroatoms. The average Bonchev–Trinajstić information content (AvgIpc) is 3.28. The van der Waals surface area contributed by atoms with Gasteiger partial charge in [0.2, 0.25) is 5.91 Å². The minimum Gasteiger partial charge on any atom is -0.379 e. The van der Waals surface area contributed by atoms with Gasteiger partial charge in [-0.05, 0) is 48.1 Å². The molecule has 3 aliphatic rings. The lowest BCUT2D eigenvalue weighted by atomic mass is 9.45. The number of rotatable bonds is 6. The summed E-state index contributed by atoms with van der Waals surface area (Å²) in [5.74, 6) is 1.45. The summed E-state index contributed by atoms with van der Waals surface area (Å²) in [4.78, 5) is 33.7. The molecule has 0 unspecified atom stereocenters. The number of carbonyl (C=O) groups excluding carboxylic acids is 1. The fourth-order valence-corrected chi connectivity index (χ4v) is 6.44. The van der Waals surface area contributed by atoms with Crippen LogP contribution >= 0.6 is 22.9 Å². The van der Waals surface area contributed by atoms with Crippen molar-refractivity contribution < 1.29 is 4.79 Å². The van der Waals surface area contributed by atoms with E-state index in [9.17, 15) is 9.59 Å². The van der Waals surface area contributed by atoms with E-state index in [2.05, 4.69) is 46.5 Å². The summed E-state index contributed by atoms with van der Waals surface area (Å²) in [6.07, 6.45) is 7.25. The maximum Gasteiger partial charge on any atom is 0.288 e. The van der Waals surface area contributed by atoms with E-state index in [1.807, 2.05) is 17.5 Å². The number of thiazole rings is 1. The molecule has 4 atom stereocenters. The van der Waals surface area contributed by atoms with Gasteiger partial charge in [0, 0.05) is 29.4 Å². The van der Waals surface area contributed by atoms with Crippen LogP contribution in [0, 0.1) is 23.2 Å². The molecule has 6 rings (SSSR count). The van der Waals surface area contributed by atoms with Gasteiger partial charge in [0.25, 0.3) is 5.56 Å². The number of pyridine rings is 1. The zero-order valence-electron chi connectivity index (χ0n) is 19.3. The first-order chi connectivity index (χ1) is 16.2. The molecule has 2 bridgehead atoms. The van der Waals surface area contributed by atoms with Crippen LogP contribution in [-0.4, -0.2) is 31.7 Å². The Morgan fingerprint density at radius 2 is 2.06 bits per heavy atom. The van der Waals surface area contributed by atoms with Gasteiger partial charge in [-0.3, -0.25) is 14.6 Å². The van der Waals surface area contributed by atoms with Gasteiger partial charge in [-0.25, -0.2) is 9.67 Å². The smallest absolute Gasteiger partial charge is 0.288 e. The van der Waals surface area contributed by atoms with Crippen LogP contribution in [0.25, 0.3) is 11.3 Å². The third-order valence-electron chi connectivity index (χ3n) is 7.70. The predicted octanol–water partition coefficient (Wildman–Crippen LogP) is 4.54. The molecular weight excluding hydrogens is 472 g/mol. The summed E-state index contributed by atoms with van der Waals surface area (Å²) in [6, 6.07) is 3.95. The van der Waals surface area contributed by atoms with Crippen LogP contribution in [0.2, 0.25) is 5.02 Å². The Labute approximate surface area is 206 Å². The van der Waals surface area contributed by atoms with Crippen molar-refractivity contribution in [2.75, 3.05) is 10.6 Å². The number of nitrogens with one attached hydrogen (secondary N) is 2. The van der Waals surface area contributed by atoms with Gasteiger partial charge in [0.15, 0.2) is 5.13 Å². The number of anilines is 2. The second-order valence-corrected chi connectivity index (χ2v) is 11.1. The Hall–Kier alpha value is -2.78. The summed E-state index contributed by atoms with van der Waals surface area (Å²) in [7, 11) is 0. The second kappa shape index (κ2) is 8.78. The van der Waals surface area contributed by atoms with Crippen molar-refractivity contribution in [1.29, 1.82) is 0 Å². The summed E-state index contributed by atoms with van der Waals surface area (Å²) in [5, 5.41) is 12.7. The van der Waals surface area contributed by atoms with Crippen molar-refractivity contribution in [2.24, 2.45) is 23.2 Å². The van der Waals surface area contributed by atoms with E-state index < -0.39 is 11.5 Å². The maximum atomic E-state index is 12.8. The lowest BCUT2D eigenvalue weighted by Crippen LogP contribution is -2.58. The van der Waals surface area contributed by atoms with Crippen LogP contribution < -0.4 is 16.2 Å². The van der Waals surface area contributed by atoms with Crippen LogP contribution in [0.4, 0.5) is 10.8 Å². The molecule has 0 aliphatic heterocycles. The van der Waals surface area contributed by atoms with Gasteiger partial charge in [-0.15, -0.1) is 11.3 Å². The molecule has 3 fully saturated rings. The standard InChI is InChI=1S/C24H27ClN6O2S/c1-13-16-8-15(24(16,2)3)9-17(13)28-18-10-27-31(22(33)21(18)25)11-20(32)30-23-29-19(12-34-23)14-4-6-26-7-5-14/h4-7,10,12-13,15-17,28H,8-9,11H2,1-3H3,(H,29,30,32)/t13-,15+,16-,17-/m1/s1. The first-order valence-electron chi connectivity index (χ1n) is 11.4. The van der Waals surface area contributed by atoms with Crippen LogP contribution in [0.15, 0.2) is 40.9 Å². The molecule has 178 valence electrons. The summed E-state index contributed by atoms with van der Waals surface area (Å²) >= 11 is 7.71. The normalized spacial score (nSPS) is 24.8. The van der Waals surface area contributed by atoms with Crippen LogP contribution in [0.1, 0.15) is 33.6 Å². The van der Waals surface area contributed by atoms with Crippen LogP contribution in [0.3, 0.4) is 0 Å². The SMILES string of the molecule is C[C@@H]1[C@H]2C[C@@H](C[C@H]1Nc1cnn(CC(=O)Nc3nc(-c4ccncc4)cs3)c(=O)c1Cl)C2(C)C. The third-order valence-corrected chi connectivity index (χ3v) is 8.82. The van der Waals surface area contributed by atoms with E-state index in [0.29, 0.717) is 34.0 Å². The van der Waals surface area contributed by atoms with Gasteiger partial charge in [-0.1, -0.05) is 32.4 Å². The van der Waals surface area contributed by atoms with E-state index in [1.54, 1.807) is 18.6 Å². The van der Waals surface area contributed by atoms with E-state index in [-0.39, 0.29) is 17.6 Å². The average molecular weight is 499 g/mol. The fraction of sp³-hybridized carbons (Fsp3) is 0.458. The number of amides is 1. The van der Waals surface area contributed by atoms with E-state index in [0.717, 1.165) is 22.4 Å². The lowest BCUT2D eigenvalue weighted by molar-refractivity contribution is -0.117. The van der Waals surface area contributed by atoms with Gasteiger partial charge in [-0.2, -0.15) is 5.10 Å². The highest BCUT2D eigenvalue weighted by Gasteiger charge is 2.56. The zero-order valence-corrected chi connectivity index (χ0v) is 20.9. The quantitative estimate of drug-likeness (QED) is 0.517. The Morgan fingerprint density at radius 3 is 2.76 bits per heavy atom. The van der Waals surface area contributed by atoms with Gasteiger partial charge < -0.3 is 10.6 Å². The molecule has 1 amide bonds. The van der Waals surface area contributed by atoms with Crippen molar-refractivity contribution in [3.63, 3.8) is 0 Å². The first-order valence-corrected chi connectivity index (χ1v) is 12.7. The van der Waals surface area contributed by atoms with E-state index >= 15 is 0 Å². The number of hydrogen-bond acceptors (Lipinski definition) is 7. The molecule has 0 saturated heterocycles. The molecule has 3 saturated carbocycles. The summed E-state index contributed by atoms with van der Waals surface area (Å²) in [5.41, 5.74) is 2.07. The largest absolute Gasteiger partial charge is 0.379 e. The van der Waals surface area contributed by atoms with Crippen molar-refractivity contribution in [2.45, 2.75) is 46.2 Å². The molecule has 3 heterocycles. The first kappa shape index (κ1) is 23.0. The Balaban J connectivity index is 1.23. The van der Waals surface area contributed by atoms with Crippen molar-refractivity contribution in [1.82, 2.24) is 19.7 Å². The van der Waals surface area contributed by atoms with Crippen LogP contribution in [-0.2, 0) is 11.3 Å². The topological polar surface area (TPSA) is 102 Å². The highest BCUT2D eigenvalue weighted by atomic mass is 35.5. The van der Waals surface area contributed by atoms with E-state index in [1.165, 1.54) is 17.8 Å². The number of aromatic nitrogens is 4. The molecule has 3 aromatic rings.